The van der Waals surface area contributed by atoms with Gasteiger partial charge in [-0.3, -0.25) is 4.79 Å². The number of carbonyl (C=O) groups excluding carboxylic acids is 1. The summed E-state index contributed by atoms with van der Waals surface area (Å²) in [7, 11) is -3.17. The van der Waals surface area contributed by atoms with E-state index in [4.69, 9.17) is 10.5 Å². The number of nitrogens with zero attached hydrogens (tertiary/aromatic N) is 1. The first kappa shape index (κ1) is 18.3. The molecule has 1 aliphatic rings. The van der Waals surface area contributed by atoms with Gasteiger partial charge in [-0.2, -0.15) is 0 Å². The van der Waals surface area contributed by atoms with Crippen molar-refractivity contribution in [3.8, 4) is 0 Å². The summed E-state index contributed by atoms with van der Waals surface area (Å²) in [5.74, 6) is -0.0456. The molecule has 0 radical (unpaired) electrons. The number of carbonyl (C=O) groups is 1. The third kappa shape index (κ3) is 5.21. The van der Waals surface area contributed by atoms with E-state index >= 15 is 0 Å². The van der Waals surface area contributed by atoms with Crippen LogP contribution in [0, 0.1) is 5.41 Å². The largest absolute Gasteiger partial charge is 0.381 e. The zero-order chi connectivity index (χ0) is 15.9. The summed E-state index contributed by atoms with van der Waals surface area (Å²) < 4.78 is 29.6. The molecule has 0 saturated carbocycles. The zero-order valence-corrected chi connectivity index (χ0v) is 13.7. The van der Waals surface area contributed by atoms with Crippen LogP contribution in [0.1, 0.15) is 26.2 Å². The van der Waals surface area contributed by atoms with Crippen molar-refractivity contribution in [1.82, 2.24) is 9.62 Å². The molecule has 0 aromatic rings. The number of hydrogen-bond acceptors (Lipinski definition) is 5. The van der Waals surface area contributed by atoms with E-state index in [1.807, 2.05) is 0 Å². The van der Waals surface area contributed by atoms with Crippen molar-refractivity contribution < 1.29 is 17.9 Å². The molecule has 3 N–H and O–H groups in total. The highest BCUT2D eigenvalue weighted by Gasteiger charge is 2.38. The molecule has 1 fully saturated rings. The van der Waals surface area contributed by atoms with Gasteiger partial charge in [0, 0.05) is 39.4 Å². The van der Waals surface area contributed by atoms with Crippen molar-refractivity contribution in [2.75, 3.05) is 45.6 Å². The fourth-order valence-electron chi connectivity index (χ4n) is 2.49. The Morgan fingerprint density at radius 3 is 2.48 bits per heavy atom. The Hall–Kier alpha value is -0.700. The molecule has 0 spiro atoms. The molecule has 0 bridgehead atoms. The van der Waals surface area contributed by atoms with E-state index in [0.717, 1.165) is 0 Å². The van der Waals surface area contributed by atoms with E-state index < -0.39 is 15.4 Å². The van der Waals surface area contributed by atoms with Crippen LogP contribution in [0.4, 0.5) is 0 Å². The minimum absolute atomic E-state index is 0.0456. The summed E-state index contributed by atoms with van der Waals surface area (Å²) in [4.78, 5) is 12.3. The quantitative estimate of drug-likeness (QED) is 0.589. The topological polar surface area (TPSA) is 102 Å². The molecular weight excluding hydrogens is 294 g/mol. The Kier molecular flexibility index (Phi) is 7.05. The van der Waals surface area contributed by atoms with Gasteiger partial charge in [0.15, 0.2) is 0 Å². The first-order valence-corrected chi connectivity index (χ1v) is 9.22. The maximum atomic E-state index is 12.3. The standard InChI is InChI=1S/C13H27N3O4S/c1-3-16(21(2,18)19)8-4-7-15-12(17)13(11-14)5-9-20-10-6-13/h3-11,14H2,1-2H3,(H,15,17). The number of sulfonamides is 1. The van der Waals surface area contributed by atoms with Crippen molar-refractivity contribution in [3.63, 3.8) is 0 Å². The van der Waals surface area contributed by atoms with Gasteiger partial charge in [0.25, 0.3) is 0 Å². The van der Waals surface area contributed by atoms with Crippen LogP contribution in [0.5, 0.6) is 0 Å². The second-order valence-corrected chi connectivity index (χ2v) is 7.44. The first-order valence-electron chi connectivity index (χ1n) is 7.37. The molecule has 0 aliphatic carbocycles. The fourth-order valence-corrected chi connectivity index (χ4v) is 3.42. The SMILES string of the molecule is CCN(CCCNC(=O)C1(CN)CCOCC1)S(C)(=O)=O. The highest BCUT2D eigenvalue weighted by atomic mass is 32.2. The molecule has 0 unspecified atom stereocenters. The minimum atomic E-state index is -3.17. The van der Waals surface area contributed by atoms with Gasteiger partial charge < -0.3 is 15.8 Å². The van der Waals surface area contributed by atoms with Gasteiger partial charge >= 0.3 is 0 Å². The molecule has 7 nitrogen and oxygen atoms in total. The van der Waals surface area contributed by atoms with Gasteiger partial charge in [-0.1, -0.05) is 6.92 Å². The molecule has 1 rings (SSSR count). The van der Waals surface area contributed by atoms with Crippen LogP contribution in [-0.4, -0.2) is 64.3 Å². The zero-order valence-electron chi connectivity index (χ0n) is 12.9. The number of nitrogens with one attached hydrogen (secondary N) is 1. The number of amides is 1. The Morgan fingerprint density at radius 2 is 2.00 bits per heavy atom. The van der Waals surface area contributed by atoms with Crippen molar-refractivity contribution in [2.24, 2.45) is 11.1 Å². The Balaban J connectivity index is 2.39. The van der Waals surface area contributed by atoms with Crippen LogP contribution in [0.25, 0.3) is 0 Å². The van der Waals surface area contributed by atoms with E-state index in [-0.39, 0.29) is 5.91 Å². The summed E-state index contributed by atoms with van der Waals surface area (Å²) in [6.07, 6.45) is 3.06. The highest BCUT2D eigenvalue weighted by Crippen LogP contribution is 2.29. The second kappa shape index (κ2) is 8.07. The lowest BCUT2D eigenvalue weighted by Crippen LogP contribution is -2.49. The lowest BCUT2D eigenvalue weighted by Gasteiger charge is -2.34. The number of hydrogen-bond donors (Lipinski definition) is 2. The molecule has 1 heterocycles. The fraction of sp³-hybridized carbons (Fsp3) is 0.923. The molecule has 1 aliphatic heterocycles. The van der Waals surface area contributed by atoms with Gasteiger partial charge in [-0.25, -0.2) is 12.7 Å². The van der Waals surface area contributed by atoms with E-state index in [2.05, 4.69) is 5.32 Å². The lowest BCUT2D eigenvalue weighted by molar-refractivity contribution is -0.135. The van der Waals surface area contributed by atoms with Crippen molar-refractivity contribution >= 4 is 15.9 Å². The van der Waals surface area contributed by atoms with E-state index in [9.17, 15) is 13.2 Å². The molecule has 8 heteroatoms. The van der Waals surface area contributed by atoms with Crippen LogP contribution in [0.3, 0.4) is 0 Å². The first-order chi connectivity index (χ1) is 9.85. The summed E-state index contributed by atoms with van der Waals surface area (Å²) in [5.41, 5.74) is 5.24. The normalized spacial score (nSPS) is 18.7. The molecule has 21 heavy (non-hydrogen) atoms. The predicted octanol–water partition coefficient (Wildman–Crippen LogP) is -0.470. The van der Waals surface area contributed by atoms with Gasteiger partial charge in [-0.05, 0) is 19.3 Å². The average Bonchev–Trinajstić information content (AvgIpc) is 2.46. The molecular formula is C13H27N3O4S. The average molecular weight is 321 g/mol. The molecule has 1 amide bonds. The number of nitrogens with two attached hydrogens (primary N) is 1. The smallest absolute Gasteiger partial charge is 0.227 e. The van der Waals surface area contributed by atoms with Crippen molar-refractivity contribution in [3.05, 3.63) is 0 Å². The molecule has 0 atom stereocenters. The Labute approximate surface area is 127 Å². The number of ether oxygens (including phenoxy) is 1. The van der Waals surface area contributed by atoms with Gasteiger partial charge in [0.1, 0.15) is 0 Å². The van der Waals surface area contributed by atoms with E-state index in [1.165, 1.54) is 10.6 Å². The highest BCUT2D eigenvalue weighted by molar-refractivity contribution is 7.88. The monoisotopic (exact) mass is 321 g/mol. The van der Waals surface area contributed by atoms with Crippen LogP contribution in [0.15, 0.2) is 0 Å². The Morgan fingerprint density at radius 1 is 1.38 bits per heavy atom. The maximum absolute atomic E-state index is 12.3. The third-order valence-electron chi connectivity index (χ3n) is 4.01. The summed E-state index contributed by atoms with van der Waals surface area (Å²) >= 11 is 0. The van der Waals surface area contributed by atoms with Gasteiger partial charge in [0.05, 0.1) is 11.7 Å². The predicted molar refractivity (Wildman–Crippen MR) is 81.3 cm³/mol. The third-order valence-corrected chi connectivity index (χ3v) is 5.39. The van der Waals surface area contributed by atoms with E-state index in [1.54, 1.807) is 6.92 Å². The van der Waals surface area contributed by atoms with Crippen LogP contribution in [0.2, 0.25) is 0 Å². The van der Waals surface area contributed by atoms with Crippen LogP contribution >= 0.6 is 0 Å². The summed E-state index contributed by atoms with van der Waals surface area (Å²) in [6, 6.07) is 0. The van der Waals surface area contributed by atoms with Crippen LogP contribution < -0.4 is 11.1 Å². The van der Waals surface area contributed by atoms with Gasteiger partial charge in [-0.15, -0.1) is 0 Å². The molecule has 1 saturated heterocycles. The summed E-state index contributed by atoms with van der Waals surface area (Å²) in [6.45, 7) is 4.53. The molecule has 124 valence electrons. The molecule has 0 aromatic heterocycles. The number of rotatable bonds is 8. The second-order valence-electron chi connectivity index (χ2n) is 5.46. The molecule has 0 aromatic carbocycles. The van der Waals surface area contributed by atoms with Crippen LogP contribution in [-0.2, 0) is 19.6 Å². The van der Waals surface area contributed by atoms with Crippen molar-refractivity contribution in [1.29, 1.82) is 0 Å². The van der Waals surface area contributed by atoms with E-state index in [0.29, 0.717) is 58.7 Å². The minimum Gasteiger partial charge on any atom is -0.381 e. The Bertz CT molecular complexity index is 433. The van der Waals surface area contributed by atoms with Gasteiger partial charge in [0.2, 0.25) is 15.9 Å². The summed E-state index contributed by atoms with van der Waals surface area (Å²) in [5, 5.41) is 2.88. The maximum Gasteiger partial charge on any atom is 0.227 e. The lowest BCUT2D eigenvalue weighted by atomic mass is 9.79. The van der Waals surface area contributed by atoms with Crippen molar-refractivity contribution in [2.45, 2.75) is 26.2 Å².